The first-order chi connectivity index (χ1) is 9.36. The van der Waals surface area contributed by atoms with E-state index in [1.165, 1.54) is 30.5 Å². The molecule has 2 aromatic rings. The van der Waals surface area contributed by atoms with Crippen LogP contribution in [0.15, 0.2) is 42.6 Å². The van der Waals surface area contributed by atoms with Gasteiger partial charge in [-0.25, -0.2) is 0 Å². The second-order valence-electron chi connectivity index (χ2n) is 3.83. The summed E-state index contributed by atoms with van der Waals surface area (Å²) in [5.41, 5.74) is -0.171. The van der Waals surface area contributed by atoms with Crippen molar-refractivity contribution in [2.45, 2.75) is 12.8 Å². The Morgan fingerprint density at radius 3 is 2.20 bits per heavy atom. The lowest BCUT2D eigenvalue weighted by molar-refractivity contribution is -0.137. The lowest BCUT2D eigenvalue weighted by atomic mass is 10.1. The van der Waals surface area contributed by atoms with Gasteiger partial charge in [-0.3, -0.25) is 4.98 Å². The molecule has 0 aliphatic carbocycles. The number of hydrogen-bond donors (Lipinski definition) is 0. The van der Waals surface area contributed by atoms with Gasteiger partial charge < -0.3 is 4.74 Å². The topological polar surface area (TPSA) is 22.1 Å². The van der Waals surface area contributed by atoms with Crippen LogP contribution in [0.1, 0.15) is 5.56 Å². The fourth-order valence-corrected chi connectivity index (χ4v) is 1.58. The molecule has 7 heteroatoms. The van der Waals surface area contributed by atoms with Crippen LogP contribution in [-0.2, 0) is 6.18 Å². The normalized spacial score (nSPS) is 11.7. The van der Waals surface area contributed by atoms with E-state index in [1.807, 2.05) is 0 Å². The van der Waals surface area contributed by atoms with E-state index in [0.717, 1.165) is 12.1 Å². The van der Waals surface area contributed by atoms with Crippen LogP contribution in [0.2, 0.25) is 0 Å². The van der Waals surface area contributed by atoms with Gasteiger partial charge in [0, 0.05) is 17.8 Å². The van der Waals surface area contributed by atoms with Crippen LogP contribution in [-0.4, -0.2) is 11.6 Å². The molecule has 0 saturated carbocycles. The SMILES string of the molecule is FC(F)Oc1ccnc(-c2ccc(C(F)(F)F)cc2)c1. The number of halogens is 5. The fraction of sp³-hybridized carbons (Fsp3) is 0.154. The van der Waals surface area contributed by atoms with Gasteiger partial charge in [0.25, 0.3) is 0 Å². The van der Waals surface area contributed by atoms with E-state index in [9.17, 15) is 22.0 Å². The molecule has 0 aliphatic rings. The van der Waals surface area contributed by atoms with Gasteiger partial charge in [-0.2, -0.15) is 22.0 Å². The van der Waals surface area contributed by atoms with Crippen LogP contribution in [0, 0.1) is 0 Å². The van der Waals surface area contributed by atoms with E-state index >= 15 is 0 Å². The van der Waals surface area contributed by atoms with Crippen LogP contribution in [0.5, 0.6) is 5.75 Å². The van der Waals surface area contributed by atoms with E-state index in [0.29, 0.717) is 5.56 Å². The third kappa shape index (κ3) is 3.43. The Kier molecular flexibility index (Phi) is 3.87. The number of rotatable bonds is 3. The van der Waals surface area contributed by atoms with Crippen molar-refractivity contribution in [3.8, 4) is 17.0 Å². The van der Waals surface area contributed by atoms with Gasteiger partial charge in [-0.1, -0.05) is 12.1 Å². The van der Waals surface area contributed by atoms with Crippen LogP contribution >= 0.6 is 0 Å². The Morgan fingerprint density at radius 2 is 1.65 bits per heavy atom. The summed E-state index contributed by atoms with van der Waals surface area (Å²) in [5, 5.41) is 0. The van der Waals surface area contributed by atoms with E-state index in [-0.39, 0.29) is 11.4 Å². The number of pyridine rings is 1. The molecule has 0 amide bonds. The van der Waals surface area contributed by atoms with Crippen molar-refractivity contribution in [3.05, 3.63) is 48.2 Å². The zero-order chi connectivity index (χ0) is 14.8. The van der Waals surface area contributed by atoms with Gasteiger partial charge in [0.05, 0.1) is 11.3 Å². The lowest BCUT2D eigenvalue weighted by Crippen LogP contribution is -2.04. The predicted molar refractivity (Wildman–Crippen MR) is 61.3 cm³/mol. The van der Waals surface area contributed by atoms with Gasteiger partial charge in [0.15, 0.2) is 0 Å². The average Bonchev–Trinajstić information content (AvgIpc) is 2.37. The van der Waals surface area contributed by atoms with E-state index in [2.05, 4.69) is 9.72 Å². The zero-order valence-corrected chi connectivity index (χ0v) is 9.86. The maximum atomic E-state index is 12.4. The van der Waals surface area contributed by atoms with Gasteiger partial charge in [-0.15, -0.1) is 0 Å². The van der Waals surface area contributed by atoms with Gasteiger partial charge in [-0.05, 0) is 18.2 Å². The number of alkyl halides is 5. The number of benzene rings is 1. The number of nitrogens with zero attached hydrogens (tertiary/aromatic N) is 1. The summed E-state index contributed by atoms with van der Waals surface area (Å²) in [6.07, 6.45) is -3.18. The fourth-order valence-electron chi connectivity index (χ4n) is 1.58. The minimum atomic E-state index is -4.42. The Labute approximate surface area is 110 Å². The highest BCUT2D eigenvalue weighted by Gasteiger charge is 2.30. The van der Waals surface area contributed by atoms with Crippen molar-refractivity contribution in [2.24, 2.45) is 0 Å². The van der Waals surface area contributed by atoms with Crippen LogP contribution in [0.25, 0.3) is 11.3 Å². The van der Waals surface area contributed by atoms with Crippen LogP contribution < -0.4 is 4.74 Å². The summed E-state index contributed by atoms with van der Waals surface area (Å²) >= 11 is 0. The third-order valence-corrected chi connectivity index (χ3v) is 2.46. The van der Waals surface area contributed by atoms with E-state index < -0.39 is 18.4 Å². The summed E-state index contributed by atoms with van der Waals surface area (Å²) in [4.78, 5) is 3.90. The Bertz CT molecular complexity index is 580. The summed E-state index contributed by atoms with van der Waals surface area (Å²) in [5.74, 6) is -0.107. The van der Waals surface area contributed by atoms with Crippen molar-refractivity contribution in [2.75, 3.05) is 0 Å². The molecular weight excluding hydrogens is 281 g/mol. The molecule has 106 valence electrons. The Morgan fingerprint density at radius 1 is 1.00 bits per heavy atom. The third-order valence-electron chi connectivity index (χ3n) is 2.46. The minimum absolute atomic E-state index is 0.107. The maximum absolute atomic E-state index is 12.4. The molecule has 0 radical (unpaired) electrons. The molecule has 1 heterocycles. The Balaban J connectivity index is 2.28. The molecule has 0 N–H and O–H groups in total. The Hall–Kier alpha value is -2.18. The second kappa shape index (κ2) is 5.44. The van der Waals surface area contributed by atoms with Gasteiger partial charge >= 0.3 is 12.8 Å². The average molecular weight is 289 g/mol. The second-order valence-corrected chi connectivity index (χ2v) is 3.83. The summed E-state index contributed by atoms with van der Waals surface area (Å²) < 4.78 is 65.6. The molecule has 1 aromatic heterocycles. The minimum Gasteiger partial charge on any atom is -0.435 e. The molecule has 0 fully saturated rings. The van der Waals surface area contributed by atoms with Crippen molar-refractivity contribution in [1.82, 2.24) is 4.98 Å². The smallest absolute Gasteiger partial charge is 0.416 e. The molecule has 2 nitrogen and oxygen atoms in total. The lowest BCUT2D eigenvalue weighted by Gasteiger charge is -2.08. The molecule has 0 saturated heterocycles. The quantitative estimate of drug-likeness (QED) is 0.783. The van der Waals surface area contributed by atoms with Crippen molar-refractivity contribution >= 4 is 0 Å². The molecule has 0 spiro atoms. The highest BCUT2D eigenvalue weighted by Crippen LogP contribution is 2.31. The molecular formula is C13H8F5NO. The highest BCUT2D eigenvalue weighted by molar-refractivity contribution is 5.61. The first-order valence-corrected chi connectivity index (χ1v) is 5.45. The van der Waals surface area contributed by atoms with Crippen LogP contribution in [0.4, 0.5) is 22.0 Å². The molecule has 0 bridgehead atoms. The monoisotopic (exact) mass is 289 g/mol. The first-order valence-electron chi connectivity index (χ1n) is 5.45. The van der Waals surface area contributed by atoms with Gasteiger partial charge in [0.1, 0.15) is 5.75 Å². The number of aromatic nitrogens is 1. The first kappa shape index (κ1) is 14.2. The number of hydrogen-bond acceptors (Lipinski definition) is 2. The maximum Gasteiger partial charge on any atom is 0.416 e. The zero-order valence-electron chi connectivity index (χ0n) is 9.86. The summed E-state index contributed by atoms with van der Waals surface area (Å²) in [7, 11) is 0. The van der Waals surface area contributed by atoms with Crippen molar-refractivity contribution in [1.29, 1.82) is 0 Å². The van der Waals surface area contributed by atoms with E-state index in [1.54, 1.807) is 0 Å². The molecule has 0 unspecified atom stereocenters. The summed E-state index contributed by atoms with van der Waals surface area (Å²) in [6, 6.07) is 6.71. The van der Waals surface area contributed by atoms with Gasteiger partial charge in [0.2, 0.25) is 0 Å². The van der Waals surface area contributed by atoms with Crippen molar-refractivity contribution < 1.29 is 26.7 Å². The van der Waals surface area contributed by atoms with E-state index in [4.69, 9.17) is 0 Å². The largest absolute Gasteiger partial charge is 0.435 e. The number of ether oxygens (including phenoxy) is 1. The standard InChI is InChI=1S/C13H8F5NO/c14-12(15)20-10-5-6-19-11(7-10)8-1-3-9(4-2-8)13(16,17)18/h1-7,12H. The molecule has 20 heavy (non-hydrogen) atoms. The van der Waals surface area contributed by atoms with Crippen molar-refractivity contribution in [3.63, 3.8) is 0 Å². The molecule has 0 aliphatic heterocycles. The molecule has 2 rings (SSSR count). The summed E-state index contributed by atoms with van der Waals surface area (Å²) in [6.45, 7) is -2.97. The predicted octanol–water partition coefficient (Wildman–Crippen LogP) is 4.37. The molecule has 0 atom stereocenters. The highest BCUT2D eigenvalue weighted by atomic mass is 19.4. The molecule has 1 aromatic carbocycles. The van der Waals surface area contributed by atoms with Crippen LogP contribution in [0.3, 0.4) is 0 Å².